The molecule has 6 nitrogen and oxygen atoms in total. The van der Waals surface area contributed by atoms with E-state index in [-0.39, 0.29) is 0 Å². The van der Waals surface area contributed by atoms with E-state index in [0.717, 1.165) is 47.6 Å². The lowest BCUT2D eigenvalue weighted by Gasteiger charge is -2.13. The summed E-state index contributed by atoms with van der Waals surface area (Å²) in [7, 11) is 0. The van der Waals surface area contributed by atoms with Crippen LogP contribution in [0.1, 0.15) is 6.42 Å². The first-order chi connectivity index (χ1) is 11.3. The molecule has 0 amide bonds. The average molecular weight is 327 g/mol. The molecule has 0 bridgehead atoms. The molecule has 1 fully saturated rings. The number of pyridine rings is 2. The van der Waals surface area contributed by atoms with Crippen LogP contribution in [0.4, 0.5) is 5.82 Å². The summed E-state index contributed by atoms with van der Waals surface area (Å²) in [6.07, 6.45) is 4.36. The van der Waals surface area contributed by atoms with Crippen LogP contribution in [0, 0.1) is 0 Å². The summed E-state index contributed by atoms with van der Waals surface area (Å²) < 4.78 is 0. The molecule has 0 saturated carbocycles. The maximum absolute atomic E-state index is 5.85. The van der Waals surface area contributed by atoms with E-state index in [1.165, 1.54) is 0 Å². The molecule has 0 aliphatic carbocycles. The largest absolute Gasteiger partial charge is 0.364 e. The van der Waals surface area contributed by atoms with Gasteiger partial charge in [0.2, 0.25) is 0 Å². The zero-order valence-electron chi connectivity index (χ0n) is 12.3. The third kappa shape index (κ3) is 2.95. The van der Waals surface area contributed by atoms with Gasteiger partial charge in [0.25, 0.3) is 0 Å². The number of rotatable bonds is 3. The van der Waals surface area contributed by atoms with Gasteiger partial charge in [-0.3, -0.25) is 0 Å². The fraction of sp³-hybridized carbons (Fsp3) is 0.250. The molecule has 1 aliphatic rings. The van der Waals surface area contributed by atoms with Crippen molar-refractivity contribution in [1.82, 2.24) is 25.3 Å². The van der Waals surface area contributed by atoms with Gasteiger partial charge in [-0.1, -0.05) is 11.6 Å². The Morgan fingerprint density at radius 1 is 1.13 bits per heavy atom. The number of hydrogen-bond donors (Lipinski definition) is 2. The van der Waals surface area contributed by atoms with Crippen molar-refractivity contribution in [2.45, 2.75) is 12.5 Å². The summed E-state index contributed by atoms with van der Waals surface area (Å²) in [6.45, 7) is 1.96. The SMILES string of the molecule is Clc1ccc(-c2ccc3ncnc(NC4CCNC4)c3n2)cn1. The number of nitrogens with zero attached hydrogens (tertiary/aromatic N) is 4. The summed E-state index contributed by atoms with van der Waals surface area (Å²) in [5.41, 5.74) is 3.32. The zero-order valence-corrected chi connectivity index (χ0v) is 13.1. The van der Waals surface area contributed by atoms with Gasteiger partial charge in [0.1, 0.15) is 17.0 Å². The highest BCUT2D eigenvalue weighted by Crippen LogP contribution is 2.24. The molecule has 4 rings (SSSR count). The van der Waals surface area contributed by atoms with Gasteiger partial charge in [-0.05, 0) is 37.2 Å². The second-order valence-corrected chi connectivity index (χ2v) is 5.88. The van der Waals surface area contributed by atoms with Gasteiger partial charge in [-0.15, -0.1) is 0 Å². The van der Waals surface area contributed by atoms with Crippen molar-refractivity contribution in [2.24, 2.45) is 0 Å². The first-order valence-electron chi connectivity index (χ1n) is 7.50. The monoisotopic (exact) mass is 326 g/mol. The van der Waals surface area contributed by atoms with Gasteiger partial charge < -0.3 is 10.6 Å². The summed E-state index contributed by atoms with van der Waals surface area (Å²) in [6, 6.07) is 7.91. The van der Waals surface area contributed by atoms with Gasteiger partial charge in [-0.2, -0.15) is 0 Å². The molecule has 116 valence electrons. The molecule has 3 aromatic heterocycles. The fourth-order valence-corrected chi connectivity index (χ4v) is 2.82. The number of aromatic nitrogens is 4. The second kappa shape index (κ2) is 6.06. The van der Waals surface area contributed by atoms with E-state index in [9.17, 15) is 0 Å². The molecular formula is C16H15ClN6. The number of halogens is 1. The van der Waals surface area contributed by atoms with Crippen molar-refractivity contribution in [3.63, 3.8) is 0 Å². The van der Waals surface area contributed by atoms with Crippen LogP contribution in [0.3, 0.4) is 0 Å². The smallest absolute Gasteiger partial charge is 0.156 e. The van der Waals surface area contributed by atoms with Gasteiger partial charge in [-0.25, -0.2) is 19.9 Å². The Kier molecular flexibility index (Phi) is 3.77. The van der Waals surface area contributed by atoms with Crippen LogP contribution in [0.5, 0.6) is 0 Å². The van der Waals surface area contributed by atoms with Crippen LogP contribution in [0.15, 0.2) is 36.8 Å². The summed E-state index contributed by atoms with van der Waals surface area (Å²) in [4.78, 5) is 17.5. The lowest BCUT2D eigenvalue weighted by molar-refractivity contribution is 0.788. The Labute approximate surface area is 138 Å². The van der Waals surface area contributed by atoms with Gasteiger partial charge in [0, 0.05) is 24.3 Å². The highest BCUT2D eigenvalue weighted by molar-refractivity contribution is 6.29. The first-order valence-corrected chi connectivity index (χ1v) is 7.88. The molecule has 7 heteroatoms. The molecule has 0 spiro atoms. The minimum atomic E-state index is 0.371. The van der Waals surface area contributed by atoms with Crippen LogP contribution < -0.4 is 10.6 Å². The molecule has 1 atom stereocenters. The number of fused-ring (bicyclic) bond motifs is 1. The van der Waals surface area contributed by atoms with Crippen molar-refractivity contribution in [2.75, 3.05) is 18.4 Å². The molecule has 2 N–H and O–H groups in total. The molecule has 0 aromatic carbocycles. The second-order valence-electron chi connectivity index (χ2n) is 5.49. The van der Waals surface area contributed by atoms with Gasteiger partial charge in [0.05, 0.1) is 11.2 Å². The third-order valence-corrected chi connectivity index (χ3v) is 4.13. The van der Waals surface area contributed by atoms with Crippen molar-refractivity contribution >= 4 is 28.5 Å². The third-order valence-electron chi connectivity index (χ3n) is 3.91. The maximum Gasteiger partial charge on any atom is 0.156 e. The van der Waals surface area contributed by atoms with Crippen molar-refractivity contribution in [3.05, 3.63) is 41.9 Å². The minimum Gasteiger partial charge on any atom is -0.364 e. The number of nitrogens with one attached hydrogen (secondary N) is 2. The Balaban J connectivity index is 1.75. The maximum atomic E-state index is 5.85. The summed E-state index contributed by atoms with van der Waals surface area (Å²) in [5.74, 6) is 0.771. The van der Waals surface area contributed by atoms with Crippen molar-refractivity contribution in [1.29, 1.82) is 0 Å². The zero-order chi connectivity index (χ0) is 15.6. The van der Waals surface area contributed by atoms with E-state index in [1.807, 2.05) is 18.2 Å². The highest BCUT2D eigenvalue weighted by atomic mass is 35.5. The molecule has 23 heavy (non-hydrogen) atoms. The number of anilines is 1. The minimum absolute atomic E-state index is 0.371. The molecular weight excluding hydrogens is 312 g/mol. The van der Waals surface area contributed by atoms with Gasteiger partial charge >= 0.3 is 0 Å². The van der Waals surface area contributed by atoms with Crippen molar-refractivity contribution < 1.29 is 0 Å². The predicted octanol–water partition coefficient (Wildman–Crippen LogP) is 2.51. The van der Waals surface area contributed by atoms with Crippen molar-refractivity contribution in [3.8, 4) is 11.3 Å². The van der Waals surface area contributed by atoms with E-state index in [0.29, 0.717) is 11.2 Å². The van der Waals surface area contributed by atoms with Crippen LogP contribution in [0.25, 0.3) is 22.3 Å². The lowest BCUT2D eigenvalue weighted by Crippen LogP contribution is -2.23. The number of hydrogen-bond acceptors (Lipinski definition) is 6. The topological polar surface area (TPSA) is 75.6 Å². The molecule has 0 radical (unpaired) electrons. The van der Waals surface area contributed by atoms with Crippen LogP contribution in [-0.4, -0.2) is 39.1 Å². The van der Waals surface area contributed by atoms with E-state index < -0.39 is 0 Å². The van der Waals surface area contributed by atoms with E-state index >= 15 is 0 Å². The Morgan fingerprint density at radius 2 is 2.09 bits per heavy atom. The first kappa shape index (κ1) is 14.3. The van der Waals surface area contributed by atoms with Crippen LogP contribution in [-0.2, 0) is 0 Å². The lowest BCUT2D eigenvalue weighted by atomic mass is 10.2. The molecule has 1 saturated heterocycles. The standard InChI is InChI=1S/C16H15ClN6/c17-14-4-1-10(7-19-14)12-2-3-13-15(23-12)16(21-9-20-13)22-11-5-6-18-8-11/h1-4,7,9,11,18H,5-6,8H2,(H,20,21,22). The molecule has 1 aliphatic heterocycles. The van der Waals surface area contributed by atoms with Crippen LogP contribution >= 0.6 is 11.6 Å². The molecule has 4 heterocycles. The fourth-order valence-electron chi connectivity index (χ4n) is 2.71. The Morgan fingerprint density at radius 3 is 2.87 bits per heavy atom. The molecule has 3 aromatic rings. The average Bonchev–Trinajstić information content (AvgIpc) is 3.09. The summed E-state index contributed by atoms with van der Waals surface area (Å²) >= 11 is 5.85. The highest BCUT2D eigenvalue weighted by Gasteiger charge is 2.16. The van der Waals surface area contributed by atoms with Gasteiger partial charge in [0.15, 0.2) is 5.82 Å². The van der Waals surface area contributed by atoms with E-state index in [4.69, 9.17) is 16.6 Å². The molecule has 1 unspecified atom stereocenters. The van der Waals surface area contributed by atoms with E-state index in [1.54, 1.807) is 18.6 Å². The summed E-state index contributed by atoms with van der Waals surface area (Å²) in [5, 5.41) is 7.26. The predicted molar refractivity (Wildman–Crippen MR) is 90.5 cm³/mol. The normalized spacial score (nSPS) is 17.5. The Hall–Kier alpha value is -2.31. The Bertz CT molecular complexity index is 830. The van der Waals surface area contributed by atoms with Crippen LogP contribution in [0.2, 0.25) is 5.15 Å². The van der Waals surface area contributed by atoms with E-state index in [2.05, 4.69) is 25.6 Å². The quantitative estimate of drug-likeness (QED) is 0.720.